The predicted molar refractivity (Wildman–Crippen MR) is 65.5 cm³/mol. The summed E-state index contributed by atoms with van der Waals surface area (Å²) in [6.07, 6.45) is 1.09. The van der Waals surface area contributed by atoms with Crippen molar-refractivity contribution in [1.29, 1.82) is 0 Å². The number of nitrogens with one attached hydrogen (secondary N) is 1. The highest BCUT2D eigenvalue weighted by atomic mass is 16.5. The van der Waals surface area contributed by atoms with Gasteiger partial charge in [0.15, 0.2) is 0 Å². The molecule has 2 N–H and O–H groups in total. The molecule has 104 valence electrons. The smallest absolute Gasteiger partial charge is 0.342 e. The molecule has 1 aromatic rings. The number of aromatic nitrogens is 2. The van der Waals surface area contributed by atoms with Crippen LogP contribution in [0.15, 0.2) is 15.8 Å². The number of aromatic amines is 1. The minimum atomic E-state index is -1.35. The van der Waals surface area contributed by atoms with Crippen molar-refractivity contribution >= 4 is 5.97 Å². The van der Waals surface area contributed by atoms with E-state index in [0.717, 1.165) is 19.3 Å². The Hall–Kier alpha value is -1.93. The molecule has 0 unspecified atom stereocenters. The van der Waals surface area contributed by atoms with E-state index in [1.54, 1.807) is 0 Å². The highest BCUT2D eigenvalue weighted by molar-refractivity contribution is 5.86. The number of rotatable bonds is 4. The summed E-state index contributed by atoms with van der Waals surface area (Å²) in [5.74, 6) is -1.35. The summed E-state index contributed by atoms with van der Waals surface area (Å²) in [7, 11) is 0. The van der Waals surface area contributed by atoms with Gasteiger partial charge in [0.2, 0.25) is 0 Å². The van der Waals surface area contributed by atoms with Gasteiger partial charge in [-0.1, -0.05) is 0 Å². The second-order valence-electron chi connectivity index (χ2n) is 4.25. The van der Waals surface area contributed by atoms with Crippen LogP contribution in [0.5, 0.6) is 0 Å². The number of carboxylic acid groups (broad SMARTS) is 1. The second-order valence-corrected chi connectivity index (χ2v) is 4.25. The molecule has 0 radical (unpaired) electrons. The molecule has 0 atom stereocenters. The van der Waals surface area contributed by atoms with E-state index >= 15 is 0 Å². The van der Waals surface area contributed by atoms with Gasteiger partial charge in [0.25, 0.3) is 5.56 Å². The topological polar surface area (TPSA) is 105 Å². The number of hydrogen-bond acceptors (Lipinski definition) is 5. The van der Waals surface area contributed by atoms with Crippen LogP contribution in [0.4, 0.5) is 0 Å². The zero-order valence-corrected chi connectivity index (χ0v) is 10.3. The Morgan fingerprint density at radius 3 is 2.63 bits per heavy atom. The molecule has 2 rings (SSSR count). The van der Waals surface area contributed by atoms with Crippen LogP contribution in [0.1, 0.15) is 10.4 Å². The summed E-state index contributed by atoms with van der Waals surface area (Å²) in [4.78, 5) is 37.8. The Bertz CT molecular complexity index is 570. The summed E-state index contributed by atoms with van der Waals surface area (Å²) in [5, 5.41) is 8.84. The third-order valence-electron chi connectivity index (χ3n) is 3.00. The van der Waals surface area contributed by atoms with Crippen LogP contribution in [0.25, 0.3) is 0 Å². The summed E-state index contributed by atoms with van der Waals surface area (Å²) in [6.45, 7) is 3.81. The monoisotopic (exact) mass is 269 g/mol. The number of hydrogen-bond donors (Lipinski definition) is 2. The van der Waals surface area contributed by atoms with Crippen molar-refractivity contribution in [2.75, 3.05) is 32.8 Å². The van der Waals surface area contributed by atoms with Gasteiger partial charge in [0, 0.05) is 32.4 Å². The number of morpholine rings is 1. The summed E-state index contributed by atoms with van der Waals surface area (Å²) in [6, 6.07) is 0. The Morgan fingerprint density at radius 1 is 1.32 bits per heavy atom. The molecular weight excluding hydrogens is 254 g/mol. The van der Waals surface area contributed by atoms with Gasteiger partial charge in [0.05, 0.1) is 13.2 Å². The molecular formula is C11H15N3O5. The molecule has 0 aromatic carbocycles. The van der Waals surface area contributed by atoms with Gasteiger partial charge in [-0.3, -0.25) is 19.2 Å². The minimum absolute atomic E-state index is 0.329. The molecule has 8 nitrogen and oxygen atoms in total. The van der Waals surface area contributed by atoms with Crippen molar-refractivity contribution in [2.45, 2.75) is 6.54 Å². The van der Waals surface area contributed by atoms with E-state index in [9.17, 15) is 14.4 Å². The Labute approximate surface area is 108 Å². The summed E-state index contributed by atoms with van der Waals surface area (Å²) >= 11 is 0. The molecule has 19 heavy (non-hydrogen) atoms. The second kappa shape index (κ2) is 5.81. The lowest BCUT2D eigenvalue weighted by atomic mass is 10.3. The largest absolute Gasteiger partial charge is 0.477 e. The molecule has 2 heterocycles. The van der Waals surface area contributed by atoms with Gasteiger partial charge in [-0.2, -0.15) is 0 Å². The Kier molecular flexibility index (Phi) is 4.13. The van der Waals surface area contributed by atoms with Crippen molar-refractivity contribution in [1.82, 2.24) is 14.5 Å². The number of nitrogens with zero attached hydrogens (tertiary/aromatic N) is 2. The van der Waals surface area contributed by atoms with E-state index in [0.29, 0.717) is 26.3 Å². The number of ether oxygens (including phenoxy) is 1. The molecule has 0 saturated carbocycles. The van der Waals surface area contributed by atoms with Gasteiger partial charge in [-0.25, -0.2) is 9.59 Å². The number of carboxylic acids is 1. The van der Waals surface area contributed by atoms with Crippen molar-refractivity contribution in [3.63, 3.8) is 0 Å². The molecule has 0 amide bonds. The SMILES string of the molecule is O=C(O)c1cn(CCN2CCOCC2)c(=O)[nH]c1=O. The number of carbonyl (C=O) groups is 1. The lowest BCUT2D eigenvalue weighted by Gasteiger charge is -2.26. The predicted octanol–water partition coefficient (Wildman–Crippen LogP) is -1.43. The van der Waals surface area contributed by atoms with E-state index in [1.807, 2.05) is 4.98 Å². The maximum Gasteiger partial charge on any atom is 0.342 e. The number of aromatic carboxylic acids is 1. The van der Waals surface area contributed by atoms with Gasteiger partial charge in [-0.15, -0.1) is 0 Å². The minimum Gasteiger partial charge on any atom is -0.477 e. The highest BCUT2D eigenvalue weighted by Crippen LogP contribution is 1.97. The maximum atomic E-state index is 11.6. The van der Waals surface area contributed by atoms with Gasteiger partial charge < -0.3 is 9.84 Å². The van der Waals surface area contributed by atoms with E-state index < -0.39 is 22.8 Å². The molecule has 0 bridgehead atoms. The van der Waals surface area contributed by atoms with Crippen LogP contribution in [0, 0.1) is 0 Å². The zero-order valence-electron chi connectivity index (χ0n) is 10.3. The molecule has 1 fully saturated rings. The van der Waals surface area contributed by atoms with Crippen LogP contribution in [0.2, 0.25) is 0 Å². The zero-order chi connectivity index (χ0) is 13.8. The fourth-order valence-electron chi connectivity index (χ4n) is 1.90. The lowest BCUT2D eigenvalue weighted by molar-refractivity contribution is 0.0362. The Balaban J connectivity index is 2.11. The van der Waals surface area contributed by atoms with Crippen LogP contribution in [-0.4, -0.2) is 58.4 Å². The molecule has 1 aliphatic rings. The summed E-state index contributed by atoms with van der Waals surface area (Å²) in [5.41, 5.74) is -1.90. The van der Waals surface area contributed by atoms with Gasteiger partial charge in [0.1, 0.15) is 5.56 Å². The third kappa shape index (κ3) is 3.30. The average Bonchev–Trinajstić information content (AvgIpc) is 2.38. The van der Waals surface area contributed by atoms with Gasteiger partial charge in [-0.05, 0) is 0 Å². The van der Waals surface area contributed by atoms with Crippen molar-refractivity contribution < 1.29 is 14.6 Å². The first-order chi connectivity index (χ1) is 9.08. The highest BCUT2D eigenvalue weighted by Gasteiger charge is 2.13. The van der Waals surface area contributed by atoms with Crippen LogP contribution < -0.4 is 11.2 Å². The molecule has 0 aliphatic carbocycles. The van der Waals surface area contributed by atoms with Crippen molar-refractivity contribution in [2.24, 2.45) is 0 Å². The molecule has 0 spiro atoms. The van der Waals surface area contributed by atoms with Crippen LogP contribution >= 0.6 is 0 Å². The van der Waals surface area contributed by atoms with E-state index in [-0.39, 0.29) is 0 Å². The van der Waals surface area contributed by atoms with Crippen LogP contribution in [0.3, 0.4) is 0 Å². The fraction of sp³-hybridized carbons (Fsp3) is 0.545. The average molecular weight is 269 g/mol. The molecule has 8 heteroatoms. The normalized spacial score (nSPS) is 16.4. The fourth-order valence-corrected chi connectivity index (χ4v) is 1.90. The molecule has 1 aliphatic heterocycles. The lowest BCUT2D eigenvalue weighted by Crippen LogP contribution is -2.40. The Morgan fingerprint density at radius 2 is 2.00 bits per heavy atom. The van der Waals surface area contributed by atoms with Gasteiger partial charge >= 0.3 is 11.7 Å². The van der Waals surface area contributed by atoms with Crippen LogP contribution in [-0.2, 0) is 11.3 Å². The first kappa shape index (κ1) is 13.5. The first-order valence-corrected chi connectivity index (χ1v) is 5.95. The third-order valence-corrected chi connectivity index (χ3v) is 3.00. The summed E-state index contributed by atoms with van der Waals surface area (Å²) < 4.78 is 6.42. The quantitative estimate of drug-likeness (QED) is 0.694. The first-order valence-electron chi connectivity index (χ1n) is 5.95. The standard InChI is InChI=1S/C11H15N3O5/c15-9-8(10(16)17)7-14(11(18)12-9)2-1-13-3-5-19-6-4-13/h7H,1-6H2,(H,16,17)(H,12,15,18). The maximum absolute atomic E-state index is 11.6. The van der Waals surface area contributed by atoms with E-state index in [1.165, 1.54) is 4.57 Å². The van der Waals surface area contributed by atoms with Crippen molar-refractivity contribution in [3.05, 3.63) is 32.6 Å². The van der Waals surface area contributed by atoms with E-state index in [2.05, 4.69) is 4.90 Å². The number of H-pyrrole nitrogens is 1. The molecule has 1 aromatic heterocycles. The molecule has 1 saturated heterocycles. The van der Waals surface area contributed by atoms with E-state index in [4.69, 9.17) is 9.84 Å². The van der Waals surface area contributed by atoms with Crippen molar-refractivity contribution in [3.8, 4) is 0 Å².